The van der Waals surface area contributed by atoms with Crippen molar-refractivity contribution in [3.8, 4) is 17.2 Å². The summed E-state index contributed by atoms with van der Waals surface area (Å²) < 4.78 is 0. The van der Waals surface area contributed by atoms with Crippen molar-refractivity contribution in [2.24, 2.45) is 0 Å². The van der Waals surface area contributed by atoms with E-state index in [1.54, 1.807) is 18.2 Å². The van der Waals surface area contributed by atoms with Gasteiger partial charge in [-0.15, -0.1) is 0 Å². The van der Waals surface area contributed by atoms with Crippen molar-refractivity contribution < 1.29 is 15.3 Å². The molecule has 0 unspecified atom stereocenters. The molecule has 0 saturated heterocycles. The van der Waals surface area contributed by atoms with Crippen LogP contribution in [0, 0.1) is 20.8 Å². The van der Waals surface area contributed by atoms with Crippen molar-refractivity contribution in [3.63, 3.8) is 0 Å². The first-order valence-corrected chi connectivity index (χ1v) is 12.0. The minimum atomic E-state index is -0.491. The van der Waals surface area contributed by atoms with E-state index in [0.29, 0.717) is 5.75 Å². The van der Waals surface area contributed by atoms with Gasteiger partial charge in [0, 0.05) is 10.8 Å². The molecule has 4 aromatic rings. The second kappa shape index (κ2) is 8.81. The van der Waals surface area contributed by atoms with Gasteiger partial charge in [-0.2, -0.15) is 0 Å². The molecule has 0 aromatic heterocycles. The lowest BCUT2D eigenvalue weighted by Crippen LogP contribution is -2.26. The van der Waals surface area contributed by atoms with Gasteiger partial charge in [-0.25, -0.2) is 0 Å². The van der Waals surface area contributed by atoms with Crippen LogP contribution in [-0.4, -0.2) is 15.3 Å². The lowest BCUT2D eigenvalue weighted by Gasteiger charge is -2.34. The summed E-state index contributed by atoms with van der Waals surface area (Å²) in [4.78, 5) is 0. The fraction of sp³-hybridized carbons (Fsp3) is 0.250. The lowest BCUT2D eigenvalue weighted by molar-refractivity contribution is 0.469. The smallest absolute Gasteiger partial charge is 0.118 e. The molecule has 180 valence electrons. The third kappa shape index (κ3) is 4.27. The summed E-state index contributed by atoms with van der Waals surface area (Å²) in [5, 5.41) is 30.3. The molecule has 35 heavy (non-hydrogen) atoms. The molecule has 3 heteroatoms. The van der Waals surface area contributed by atoms with Crippen LogP contribution in [0.25, 0.3) is 0 Å². The molecule has 3 N–H and O–H groups in total. The average molecular weight is 467 g/mol. The number of aryl methyl sites for hydroxylation is 3. The standard InChI is InChI=1S/C32H34O3/c1-20-17-25(11-14-28(20)33)31(4,5)23-7-9-24(10-8-23)32(6,26-12-15-29(34)21(2)18-26)27-13-16-30(35)22(3)19-27/h7-19,33-35H,1-6H3. The van der Waals surface area contributed by atoms with Crippen molar-refractivity contribution in [3.05, 3.63) is 123 Å². The van der Waals surface area contributed by atoms with E-state index in [1.807, 2.05) is 57.2 Å². The Kier molecular flexibility index (Phi) is 6.14. The zero-order valence-corrected chi connectivity index (χ0v) is 21.3. The zero-order chi connectivity index (χ0) is 25.5. The van der Waals surface area contributed by atoms with Gasteiger partial charge in [0.15, 0.2) is 0 Å². The summed E-state index contributed by atoms with van der Waals surface area (Å²) in [5.41, 5.74) is 7.36. The van der Waals surface area contributed by atoms with Crippen LogP contribution in [0.2, 0.25) is 0 Å². The van der Waals surface area contributed by atoms with Crippen molar-refractivity contribution in [2.75, 3.05) is 0 Å². The predicted molar refractivity (Wildman–Crippen MR) is 143 cm³/mol. The maximum atomic E-state index is 10.2. The van der Waals surface area contributed by atoms with E-state index in [4.69, 9.17) is 0 Å². The van der Waals surface area contributed by atoms with Gasteiger partial charge in [0.2, 0.25) is 0 Å². The van der Waals surface area contributed by atoms with E-state index in [1.165, 1.54) is 5.56 Å². The maximum absolute atomic E-state index is 10.2. The molecule has 0 heterocycles. The zero-order valence-electron chi connectivity index (χ0n) is 21.3. The number of phenolic OH excluding ortho intramolecular Hbond substituents is 3. The Labute approximate surface area is 208 Å². The monoisotopic (exact) mass is 466 g/mol. The molecule has 4 aromatic carbocycles. The van der Waals surface area contributed by atoms with Crippen LogP contribution in [0.1, 0.15) is 65.3 Å². The first-order chi connectivity index (χ1) is 16.4. The molecule has 0 saturated carbocycles. The van der Waals surface area contributed by atoms with Crippen molar-refractivity contribution in [1.29, 1.82) is 0 Å². The normalized spacial score (nSPS) is 12.1. The Morgan fingerprint density at radius 2 is 0.743 bits per heavy atom. The number of benzene rings is 4. The fourth-order valence-corrected chi connectivity index (χ4v) is 4.86. The third-order valence-corrected chi connectivity index (χ3v) is 7.65. The highest BCUT2D eigenvalue weighted by Crippen LogP contribution is 2.42. The minimum absolute atomic E-state index is 0.238. The highest BCUT2D eigenvalue weighted by Gasteiger charge is 2.33. The van der Waals surface area contributed by atoms with Crippen molar-refractivity contribution >= 4 is 0 Å². The molecular weight excluding hydrogens is 432 g/mol. The largest absolute Gasteiger partial charge is 0.508 e. The van der Waals surface area contributed by atoms with Gasteiger partial charge in [0.25, 0.3) is 0 Å². The molecule has 0 radical (unpaired) electrons. The van der Waals surface area contributed by atoms with Crippen LogP contribution >= 0.6 is 0 Å². The van der Waals surface area contributed by atoms with Crippen LogP contribution in [0.4, 0.5) is 0 Å². The first-order valence-electron chi connectivity index (χ1n) is 12.0. The molecule has 0 aliphatic carbocycles. The molecule has 0 aliphatic heterocycles. The molecule has 3 nitrogen and oxygen atoms in total. The molecular formula is C32H34O3. The Hall–Kier alpha value is -3.72. The van der Waals surface area contributed by atoms with Gasteiger partial charge in [0.05, 0.1) is 0 Å². The van der Waals surface area contributed by atoms with Gasteiger partial charge in [-0.3, -0.25) is 0 Å². The van der Waals surface area contributed by atoms with E-state index >= 15 is 0 Å². The molecule has 4 rings (SSSR count). The topological polar surface area (TPSA) is 60.7 Å². The van der Waals surface area contributed by atoms with E-state index in [-0.39, 0.29) is 16.9 Å². The van der Waals surface area contributed by atoms with Crippen LogP contribution in [0.15, 0.2) is 78.9 Å². The van der Waals surface area contributed by atoms with Crippen molar-refractivity contribution in [1.82, 2.24) is 0 Å². The van der Waals surface area contributed by atoms with Gasteiger partial charge in [0.1, 0.15) is 17.2 Å². The van der Waals surface area contributed by atoms with Crippen LogP contribution in [-0.2, 0) is 10.8 Å². The molecule has 0 amide bonds. The maximum Gasteiger partial charge on any atom is 0.118 e. The second-order valence-electron chi connectivity index (χ2n) is 10.3. The summed E-state index contributed by atoms with van der Waals surface area (Å²) in [5.74, 6) is 0.864. The SMILES string of the molecule is Cc1cc(C(C)(C)c2ccc(C(C)(c3ccc(O)c(C)c3)c3ccc(O)c(C)c3)cc2)ccc1O. The quantitative estimate of drug-likeness (QED) is 0.268. The first kappa shape index (κ1) is 24.4. The predicted octanol–water partition coefficient (Wildman–Crippen LogP) is 7.41. The van der Waals surface area contributed by atoms with Gasteiger partial charge >= 0.3 is 0 Å². The van der Waals surface area contributed by atoms with E-state index < -0.39 is 5.41 Å². The Balaban J connectivity index is 1.84. The number of phenols is 3. The summed E-state index contributed by atoms with van der Waals surface area (Å²) in [7, 11) is 0. The summed E-state index contributed by atoms with van der Waals surface area (Å²) in [6, 6.07) is 26.0. The Morgan fingerprint density at radius 1 is 0.429 bits per heavy atom. The van der Waals surface area contributed by atoms with Crippen LogP contribution in [0.5, 0.6) is 17.2 Å². The summed E-state index contributed by atoms with van der Waals surface area (Å²) in [6.07, 6.45) is 0. The lowest BCUT2D eigenvalue weighted by atomic mass is 9.69. The van der Waals surface area contributed by atoms with Crippen molar-refractivity contribution in [2.45, 2.75) is 52.4 Å². The number of aromatic hydroxyl groups is 3. The van der Waals surface area contributed by atoms with Crippen LogP contribution in [0.3, 0.4) is 0 Å². The van der Waals surface area contributed by atoms with Gasteiger partial charge < -0.3 is 15.3 Å². The molecule has 0 spiro atoms. The molecule has 0 fully saturated rings. The number of hydrogen-bond donors (Lipinski definition) is 3. The highest BCUT2D eigenvalue weighted by molar-refractivity contribution is 5.55. The summed E-state index contributed by atoms with van der Waals surface area (Å²) in [6.45, 7) is 12.3. The van der Waals surface area contributed by atoms with E-state index in [0.717, 1.165) is 38.9 Å². The Morgan fingerprint density at radius 3 is 1.14 bits per heavy atom. The minimum Gasteiger partial charge on any atom is -0.508 e. The second-order valence-corrected chi connectivity index (χ2v) is 10.3. The fourth-order valence-electron chi connectivity index (χ4n) is 4.86. The average Bonchev–Trinajstić information content (AvgIpc) is 2.83. The molecule has 0 bridgehead atoms. The van der Waals surface area contributed by atoms with Gasteiger partial charge in [-0.05, 0) is 90.4 Å². The molecule has 0 aliphatic rings. The molecule has 0 atom stereocenters. The number of rotatable bonds is 5. The summed E-state index contributed by atoms with van der Waals surface area (Å²) >= 11 is 0. The Bertz CT molecular complexity index is 1330. The third-order valence-electron chi connectivity index (χ3n) is 7.65. The van der Waals surface area contributed by atoms with Crippen LogP contribution < -0.4 is 0 Å². The highest BCUT2D eigenvalue weighted by atomic mass is 16.3. The van der Waals surface area contributed by atoms with E-state index in [9.17, 15) is 15.3 Å². The van der Waals surface area contributed by atoms with Gasteiger partial charge in [-0.1, -0.05) is 74.5 Å². The number of hydrogen-bond acceptors (Lipinski definition) is 3. The van der Waals surface area contributed by atoms with E-state index in [2.05, 4.69) is 45.0 Å².